The smallest absolute Gasteiger partial charge is 0.140 e. The molecule has 0 bridgehead atoms. The summed E-state index contributed by atoms with van der Waals surface area (Å²) in [6, 6.07) is 7.90. The third-order valence-electron chi connectivity index (χ3n) is 3.11. The van der Waals surface area contributed by atoms with E-state index < -0.39 is 0 Å². The molecular weight excluding hydrogens is 220 g/mol. The number of hydrogen-bond donors (Lipinski definition) is 0. The fourth-order valence-electron chi connectivity index (χ4n) is 2.27. The van der Waals surface area contributed by atoms with Crippen molar-refractivity contribution in [2.24, 2.45) is 0 Å². The second-order valence-corrected chi connectivity index (χ2v) is 4.63. The summed E-state index contributed by atoms with van der Waals surface area (Å²) in [6.45, 7) is 1.09. The zero-order valence-corrected chi connectivity index (χ0v) is 9.74. The molecule has 82 valence electrons. The maximum absolute atomic E-state index is 5.89. The third kappa shape index (κ3) is 1.63. The molecule has 0 amide bonds. The molecule has 0 spiro atoms. The van der Waals surface area contributed by atoms with Gasteiger partial charge in [0.1, 0.15) is 5.82 Å². The molecule has 2 heterocycles. The molecule has 0 unspecified atom stereocenters. The quantitative estimate of drug-likeness (QED) is 0.736. The van der Waals surface area contributed by atoms with Crippen LogP contribution in [0.3, 0.4) is 0 Å². The highest BCUT2D eigenvalue weighted by Gasteiger charge is 2.14. The van der Waals surface area contributed by atoms with Crippen LogP contribution in [0.4, 0.5) is 0 Å². The molecule has 3 heteroatoms. The van der Waals surface area contributed by atoms with Crippen molar-refractivity contribution < 1.29 is 0 Å². The van der Waals surface area contributed by atoms with Crippen molar-refractivity contribution in [1.29, 1.82) is 0 Å². The summed E-state index contributed by atoms with van der Waals surface area (Å²) in [6.07, 6.45) is 5.69. The molecule has 1 aromatic carbocycles. The maximum atomic E-state index is 5.89. The van der Waals surface area contributed by atoms with Gasteiger partial charge in [-0.15, -0.1) is 0 Å². The van der Waals surface area contributed by atoms with Gasteiger partial charge in [0.2, 0.25) is 0 Å². The van der Waals surface area contributed by atoms with Gasteiger partial charge >= 0.3 is 0 Å². The van der Waals surface area contributed by atoms with Gasteiger partial charge < -0.3 is 4.57 Å². The Balaban J connectivity index is 2.06. The predicted molar refractivity (Wildman–Crippen MR) is 65.6 cm³/mol. The summed E-state index contributed by atoms with van der Waals surface area (Å²) in [7, 11) is 0. The van der Waals surface area contributed by atoms with Crippen LogP contribution in [0.15, 0.2) is 30.5 Å². The van der Waals surface area contributed by atoms with E-state index in [-0.39, 0.29) is 0 Å². The van der Waals surface area contributed by atoms with Crippen molar-refractivity contribution in [1.82, 2.24) is 9.55 Å². The van der Waals surface area contributed by atoms with E-state index >= 15 is 0 Å². The van der Waals surface area contributed by atoms with Crippen LogP contribution in [0, 0.1) is 0 Å². The molecule has 0 saturated heterocycles. The van der Waals surface area contributed by atoms with E-state index in [0.717, 1.165) is 29.4 Å². The Morgan fingerprint density at radius 1 is 1.12 bits per heavy atom. The Morgan fingerprint density at radius 3 is 2.75 bits per heavy atom. The first-order valence-corrected chi connectivity index (χ1v) is 6.03. The number of aryl methyl sites for hydroxylation is 1. The monoisotopic (exact) mass is 232 g/mol. The molecule has 0 saturated carbocycles. The molecule has 0 fully saturated rings. The van der Waals surface area contributed by atoms with E-state index in [2.05, 4.69) is 9.55 Å². The van der Waals surface area contributed by atoms with Gasteiger partial charge in [0.15, 0.2) is 0 Å². The topological polar surface area (TPSA) is 17.8 Å². The molecule has 1 aliphatic rings. The molecule has 0 N–H and O–H groups in total. The van der Waals surface area contributed by atoms with Crippen LogP contribution in [0.2, 0.25) is 5.02 Å². The van der Waals surface area contributed by atoms with E-state index in [0.29, 0.717) is 0 Å². The summed E-state index contributed by atoms with van der Waals surface area (Å²) < 4.78 is 2.33. The summed E-state index contributed by atoms with van der Waals surface area (Å²) in [4.78, 5) is 4.52. The second kappa shape index (κ2) is 3.95. The maximum Gasteiger partial charge on any atom is 0.140 e. The zero-order valence-electron chi connectivity index (χ0n) is 8.99. The van der Waals surface area contributed by atoms with Gasteiger partial charge in [-0.2, -0.15) is 0 Å². The average molecular weight is 233 g/mol. The van der Waals surface area contributed by atoms with Crippen LogP contribution >= 0.6 is 11.6 Å². The van der Waals surface area contributed by atoms with Gasteiger partial charge in [-0.3, -0.25) is 0 Å². The normalized spacial score (nSPS) is 14.8. The van der Waals surface area contributed by atoms with Crippen molar-refractivity contribution in [3.05, 3.63) is 41.2 Å². The van der Waals surface area contributed by atoms with Gasteiger partial charge in [-0.05, 0) is 43.5 Å². The highest BCUT2D eigenvalue weighted by Crippen LogP contribution is 2.25. The molecule has 1 aromatic heterocycles. The molecule has 1 aliphatic heterocycles. The SMILES string of the molecule is Clc1ccc(-c2ncc3n2CCCC3)cc1. The molecular formula is C13H13ClN2. The Kier molecular flexibility index (Phi) is 2.44. The summed E-state index contributed by atoms with van der Waals surface area (Å²) in [5.41, 5.74) is 2.51. The van der Waals surface area contributed by atoms with Gasteiger partial charge in [-0.1, -0.05) is 11.6 Å². The molecule has 16 heavy (non-hydrogen) atoms. The van der Waals surface area contributed by atoms with Crippen LogP contribution in [0.5, 0.6) is 0 Å². The number of benzene rings is 1. The lowest BCUT2D eigenvalue weighted by molar-refractivity contribution is 0.536. The van der Waals surface area contributed by atoms with Crippen LogP contribution in [0.1, 0.15) is 18.5 Å². The Morgan fingerprint density at radius 2 is 1.94 bits per heavy atom. The number of rotatable bonds is 1. The minimum absolute atomic E-state index is 0.772. The Hall–Kier alpha value is -1.28. The van der Waals surface area contributed by atoms with Gasteiger partial charge in [0, 0.05) is 29.0 Å². The first-order chi connectivity index (χ1) is 7.84. The molecule has 0 aliphatic carbocycles. The number of nitrogens with zero attached hydrogens (tertiary/aromatic N) is 2. The second-order valence-electron chi connectivity index (χ2n) is 4.19. The number of fused-ring (bicyclic) bond motifs is 1. The van der Waals surface area contributed by atoms with Crippen molar-refractivity contribution in [2.45, 2.75) is 25.8 Å². The fourth-order valence-corrected chi connectivity index (χ4v) is 2.39. The lowest BCUT2D eigenvalue weighted by Crippen LogP contribution is -2.10. The number of halogens is 1. The van der Waals surface area contributed by atoms with E-state index in [9.17, 15) is 0 Å². The van der Waals surface area contributed by atoms with E-state index in [1.54, 1.807) is 0 Å². The zero-order chi connectivity index (χ0) is 11.0. The molecule has 2 nitrogen and oxygen atoms in total. The van der Waals surface area contributed by atoms with Crippen molar-refractivity contribution in [3.8, 4) is 11.4 Å². The first kappa shape index (κ1) is 9.91. The number of imidazole rings is 1. The summed E-state index contributed by atoms with van der Waals surface area (Å²) in [5.74, 6) is 1.08. The standard InChI is InChI=1S/C13H13ClN2/c14-11-6-4-10(5-7-11)13-15-9-12-3-1-2-8-16(12)13/h4-7,9H,1-3,8H2. The van der Waals surface area contributed by atoms with Gasteiger partial charge in [0.05, 0.1) is 0 Å². The largest absolute Gasteiger partial charge is 0.328 e. The predicted octanol–water partition coefficient (Wildman–Crippen LogP) is 3.54. The molecule has 2 aromatic rings. The summed E-state index contributed by atoms with van der Waals surface area (Å²) in [5, 5.41) is 0.772. The van der Waals surface area contributed by atoms with Gasteiger partial charge in [0.25, 0.3) is 0 Å². The van der Waals surface area contributed by atoms with Crippen LogP contribution < -0.4 is 0 Å². The van der Waals surface area contributed by atoms with Crippen LogP contribution in [0.25, 0.3) is 11.4 Å². The van der Waals surface area contributed by atoms with Gasteiger partial charge in [-0.25, -0.2) is 4.98 Å². The molecule has 0 radical (unpaired) electrons. The fraction of sp³-hybridized carbons (Fsp3) is 0.308. The summed E-state index contributed by atoms with van der Waals surface area (Å²) >= 11 is 5.89. The third-order valence-corrected chi connectivity index (χ3v) is 3.36. The molecule has 0 atom stereocenters. The Labute approximate surface area is 99.9 Å². The minimum atomic E-state index is 0.772. The van der Waals surface area contributed by atoms with Crippen molar-refractivity contribution >= 4 is 11.6 Å². The average Bonchev–Trinajstić information content (AvgIpc) is 2.74. The highest BCUT2D eigenvalue weighted by molar-refractivity contribution is 6.30. The lowest BCUT2D eigenvalue weighted by Gasteiger charge is -2.16. The highest BCUT2D eigenvalue weighted by atomic mass is 35.5. The first-order valence-electron chi connectivity index (χ1n) is 5.65. The van der Waals surface area contributed by atoms with Crippen molar-refractivity contribution in [2.75, 3.05) is 0 Å². The van der Waals surface area contributed by atoms with E-state index in [1.165, 1.54) is 18.5 Å². The van der Waals surface area contributed by atoms with E-state index in [1.807, 2.05) is 30.5 Å². The van der Waals surface area contributed by atoms with Crippen molar-refractivity contribution in [3.63, 3.8) is 0 Å². The van der Waals surface area contributed by atoms with Crippen LogP contribution in [-0.4, -0.2) is 9.55 Å². The minimum Gasteiger partial charge on any atom is -0.328 e. The molecule has 3 rings (SSSR count). The van der Waals surface area contributed by atoms with E-state index in [4.69, 9.17) is 11.6 Å². The number of hydrogen-bond acceptors (Lipinski definition) is 1. The lowest BCUT2D eigenvalue weighted by atomic mass is 10.1. The Bertz CT molecular complexity index is 499. The number of aromatic nitrogens is 2. The van der Waals surface area contributed by atoms with Crippen LogP contribution in [-0.2, 0) is 13.0 Å².